The summed E-state index contributed by atoms with van der Waals surface area (Å²) >= 11 is 0. The number of hydrogen-bond donors (Lipinski definition) is 7. The van der Waals surface area contributed by atoms with Gasteiger partial charge >= 0.3 is 5.97 Å². The Morgan fingerprint density at radius 1 is 0.716 bits per heavy atom. The Kier molecular flexibility index (Phi) is 24.8. The van der Waals surface area contributed by atoms with Crippen molar-refractivity contribution in [1.82, 2.24) is 25.2 Å². The number of anilines is 2. The van der Waals surface area contributed by atoms with Crippen molar-refractivity contribution in [3.63, 3.8) is 0 Å². The summed E-state index contributed by atoms with van der Waals surface area (Å²) in [4.78, 5) is 75.5. The molecule has 0 aliphatic carbocycles. The molecule has 5 aromatic rings. The Balaban J connectivity index is 0.0000106. The molecular formula is C58H74N8O15. The van der Waals surface area contributed by atoms with Gasteiger partial charge in [-0.2, -0.15) is 0 Å². The molecule has 2 aliphatic heterocycles. The van der Waals surface area contributed by atoms with Gasteiger partial charge in [-0.1, -0.05) is 79.9 Å². The number of aryl methyl sites for hydroxylation is 1. The van der Waals surface area contributed by atoms with Crippen LogP contribution < -0.4 is 25.3 Å². The number of hydrogen-bond acceptors (Lipinski definition) is 16. The highest BCUT2D eigenvalue weighted by atomic mass is 16.7. The molecule has 3 aromatic carbocycles. The minimum absolute atomic E-state index is 0. The molecular weight excluding hydrogens is 1050 g/mol. The highest BCUT2D eigenvalue weighted by Gasteiger charge is 2.48. The first-order valence-corrected chi connectivity index (χ1v) is 26.9. The maximum absolute atomic E-state index is 13.3. The van der Waals surface area contributed by atoms with E-state index in [-0.39, 0.29) is 120 Å². The second-order valence-corrected chi connectivity index (χ2v) is 19.5. The molecule has 5 amide bonds. The molecule has 0 radical (unpaired) electrons. The molecule has 0 spiro atoms. The first-order chi connectivity index (χ1) is 38.7. The van der Waals surface area contributed by atoms with Crippen molar-refractivity contribution in [2.45, 2.75) is 109 Å². The number of nitrogens with one attached hydrogen (secondary N) is 3. The number of pyridine rings is 1. The number of benzene rings is 3. The number of carboxylic acids is 1. The van der Waals surface area contributed by atoms with Crippen molar-refractivity contribution >= 4 is 46.9 Å². The topological polar surface area (TPSA) is 303 Å². The molecule has 7 rings (SSSR count). The Bertz CT molecular complexity index is 2850. The van der Waals surface area contributed by atoms with E-state index < -0.39 is 42.6 Å². The lowest BCUT2D eigenvalue weighted by Crippen LogP contribution is -2.61. The molecule has 81 heavy (non-hydrogen) atoms. The average Bonchev–Trinajstić information content (AvgIpc) is 4.02. The second kappa shape index (κ2) is 32.1. The number of carboxylic acid groups (broad SMARTS) is 1. The number of carbonyl (C=O) groups is 6. The van der Waals surface area contributed by atoms with Crippen molar-refractivity contribution < 1.29 is 77.4 Å². The maximum atomic E-state index is 13.3. The maximum Gasteiger partial charge on any atom is 0.335 e. The molecule has 4 heterocycles. The molecule has 436 valence electrons. The van der Waals surface area contributed by atoms with E-state index >= 15 is 0 Å². The van der Waals surface area contributed by atoms with Gasteiger partial charge in [-0.25, -0.2) is 9.36 Å². The van der Waals surface area contributed by atoms with E-state index in [1.807, 2.05) is 89.9 Å². The van der Waals surface area contributed by atoms with Gasteiger partial charge in [0.25, 0.3) is 0 Å². The van der Waals surface area contributed by atoms with Crippen LogP contribution in [-0.2, 0) is 60.8 Å². The summed E-state index contributed by atoms with van der Waals surface area (Å²) in [7, 11) is 0. The van der Waals surface area contributed by atoms with Gasteiger partial charge in [0, 0.05) is 67.6 Å². The number of rotatable bonds is 32. The summed E-state index contributed by atoms with van der Waals surface area (Å²) in [5.41, 5.74) is 5.10. The van der Waals surface area contributed by atoms with Gasteiger partial charge in [0.15, 0.2) is 25.0 Å². The molecule has 2 aromatic heterocycles. The SMILES string of the molecule is CC1CC(=O)N(CCOCCOCCOCCC(=O)NCCC(=O)Nc2cc(C[n+]3cccc(-c4cn(CCCCCCCC(=O)Nc5ccccc5-c5ccccc5)nn4)c3)ccc2O[C@@H]2O[C@H](C(=O)O)[C@@H](O)[C@H](O)[C@H]2O)C1=O.[CH3-]. The summed E-state index contributed by atoms with van der Waals surface area (Å²) in [6.07, 6.45) is 1.32. The van der Waals surface area contributed by atoms with E-state index in [0.717, 1.165) is 54.5 Å². The van der Waals surface area contributed by atoms with E-state index in [4.69, 9.17) is 23.7 Å². The van der Waals surface area contributed by atoms with Crippen LogP contribution in [0.25, 0.3) is 22.4 Å². The van der Waals surface area contributed by atoms with Crippen molar-refractivity contribution in [1.29, 1.82) is 0 Å². The fourth-order valence-electron chi connectivity index (χ4n) is 9.00. The first kappa shape index (κ1) is 62.7. The molecule has 23 heteroatoms. The number of nitrogens with zero attached hydrogens (tertiary/aromatic N) is 5. The summed E-state index contributed by atoms with van der Waals surface area (Å²) < 4.78 is 31.3. The van der Waals surface area contributed by atoms with Crippen LogP contribution in [-0.4, -0.2) is 159 Å². The average molecular weight is 1120 g/mol. The van der Waals surface area contributed by atoms with E-state index in [2.05, 4.69) is 26.3 Å². The Morgan fingerprint density at radius 2 is 1.40 bits per heavy atom. The van der Waals surface area contributed by atoms with Crippen molar-refractivity contribution in [2.24, 2.45) is 5.92 Å². The van der Waals surface area contributed by atoms with Crippen LogP contribution >= 0.6 is 0 Å². The van der Waals surface area contributed by atoms with Gasteiger partial charge in [-0.15, -0.1) is 5.10 Å². The molecule has 2 fully saturated rings. The number of para-hydroxylation sites is 1. The number of aliphatic carboxylic acids is 1. The van der Waals surface area contributed by atoms with E-state index in [9.17, 15) is 49.2 Å². The minimum atomic E-state index is -1.94. The molecule has 7 N–H and O–H groups in total. The molecule has 0 saturated carbocycles. The third-order valence-corrected chi connectivity index (χ3v) is 13.3. The Hall–Kier alpha value is -7.51. The zero-order valence-corrected chi connectivity index (χ0v) is 45.7. The van der Waals surface area contributed by atoms with Gasteiger partial charge in [-0.05, 0) is 48.7 Å². The number of aromatic nitrogens is 4. The van der Waals surface area contributed by atoms with Crippen LogP contribution in [0, 0.1) is 13.3 Å². The van der Waals surface area contributed by atoms with Crippen LogP contribution in [0.2, 0.25) is 0 Å². The smallest absolute Gasteiger partial charge is 0.335 e. The predicted molar refractivity (Wildman–Crippen MR) is 295 cm³/mol. The van der Waals surface area contributed by atoms with Crippen molar-refractivity contribution in [3.05, 3.63) is 117 Å². The molecule has 23 nitrogen and oxygen atoms in total. The van der Waals surface area contributed by atoms with E-state index in [0.29, 0.717) is 30.8 Å². The number of carbonyl (C=O) groups excluding carboxylic acids is 5. The fourth-order valence-corrected chi connectivity index (χ4v) is 9.00. The molecule has 2 aliphatic rings. The standard InChI is InChI=1S/C57H70N8O15.CH3/c1-38-33-50(69)65(55(38)73)26-28-77-30-32-78-31-29-76-27-22-47(66)58-23-21-49(68)60-44-34-39(19-20-46(44)79-57-53(72)51(70)52(71)54(80-57)56(74)75)35-63-24-12-15-41(36-63)45-37-64(62-61-45)25-11-4-2-3-8-18-48(67)59-43-17-10-9-16-42(43)40-13-6-5-7-14-40;/h5-7,9-10,12-17,19-20,24,34,36-38,51-54,57,70-72H,2-4,8,11,18,21-23,25-33,35H2,1H3,(H3-,58,59,60,66,67,68,74,75);1H3/q;-1/p+1/t38?,51-,52-,53+,54-,57+;/m0./s1. The third kappa shape index (κ3) is 19.1. The molecule has 6 atom stereocenters. The van der Waals surface area contributed by atoms with Crippen molar-refractivity contribution in [2.75, 3.05) is 63.4 Å². The Morgan fingerprint density at radius 3 is 2.15 bits per heavy atom. The Labute approximate surface area is 470 Å². The van der Waals surface area contributed by atoms with Gasteiger partial charge < -0.3 is 67.5 Å². The van der Waals surface area contributed by atoms with E-state index in [1.165, 1.54) is 11.0 Å². The summed E-state index contributed by atoms with van der Waals surface area (Å²) in [6, 6.07) is 26.3. The van der Waals surface area contributed by atoms with Gasteiger partial charge in [0.2, 0.25) is 35.8 Å². The fraction of sp³-hybridized carbons (Fsp3) is 0.448. The van der Waals surface area contributed by atoms with Gasteiger partial charge in [0.05, 0.1) is 63.6 Å². The molecule has 2 saturated heterocycles. The van der Waals surface area contributed by atoms with Crippen LogP contribution in [0.3, 0.4) is 0 Å². The number of aliphatic hydroxyl groups is 3. The van der Waals surface area contributed by atoms with Crippen LogP contribution in [0.4, 0.5) is 11.4 Å². The highest BCUT2D eigenvalue weighted by molar-refractivity contribution is 6.03. The second-order valence-electron chi connectivity index (χ2n) is 19.5. The summed E-state index contributed by atoms with van der Waals surface area (Å²) in [5.74, 6) is -3.20. The van der Waals surface area contributed by atoms with Crippen LogP contribution in [0.15, 0.2) is 104 Å². The molecule has 0 bridgehead atoms. The highest BCUT2D eigenvalue weighted by Crippen LogP contribution is 2.32. The number of unbranched alkanes of at least 4 members (excludes halogenated alkanes) is 4. The van der Waals surface area contributed by atoms with Crippen molar-refractivity contribution in [3.8, 4) is 28.1 Å². The monoisotopic (exact) mass is 1120 g/mol. The number of likely N-dealkylation sites (tertiary alicyclic amines) is 1. The third-order valence-electron chi connectivity index (χ3n) is 13.3. The zero-order chi connectivity index (χ0) is 56.8. The van der Waals surface area contributed by atoms with Crippen LogP contribution in [0.1, 0.15) is 70.3 Å². The van der Waals surface area contributed by atoms with Gasteiger partial charge in [-0.3, -0.25) is 33.6 Å². The number of ether oxygens (including phenoxy) is 5. The predicted octanol–water partition coefficient (Wildman–Crippen LogP) is 3.93. The lowest BCUT2D eigenvalue weighted by Gasteiger charge is -2.38. The largest absolute Gasteiger partial charge is 0.479 e. The quantitative estimate of drug-likeness (QED) is 0.0139. The zero-order valence-electron chi connectivity index (χ0n) is 45.7. The number of aliphatic hydroxyl groups excluding tert-OH is 3. The first-order valence-electron chi connectivity index (χ1n) is 26.9. The lowest BCUT2D eigenvalue weighted by atomic mass is 9.99. The summed E-state index contributed by atoms with van der Waals surface area (Å²) in [6.45, 7) is 4.21. The van der Waals surface area contributed by atoms with Gasteiger partial charge in [0.1, 0.15) is 29.8 Å². The van der Waals surface area contributed by atoms with E-state index in [1.54, 1.807) is 23.7 Å². The normalized spacial score (nSPS) is 18.7. The number of imide groups is 1. The lowest BCUT2D eigenvalue weighted by molar-refractivity contribution is -0.687. The van der Waals surface area contributed by atoms with Crippen LogP contribution in [0.5, 0.6) is 5.75 Å². The summed E-state index contributed by atoms with van der Waals surface area (Å²) in [5, 5.41) is 58.2. The minimum Gasteiger partial charge on any atom is -0.479 e. The number of amides is 5. The molecule has 1 unspecified atom stereocenters.